The summed E-state index contributed by atoms with van der Waals surface area (Å²) in [6, 6.07) is 0. The predicted molar refractivity (Wildman–Crippen MR) is 38.2 cm³/mol. The normalized spacial score (nSPS) is 40.8. The van der Waals surface area contributed by atoms with Crippen LogP contribution in [0.4, 0.5) is 0 Å². The second-order valence-corrected chi connectivity index (χ2v) is 3.30. The van der Waals surface area contributed by atoms with Crippen LogP contribution < -0.4 is 5.32 Å². The summed E-state index contributed by atoms with van der Waals surface area (Å²) in [5, 5.41) is 3.40. The molecule has 2 unspecified atom stereocenters. The van der Waals surface area contributed by atoms with Crippen molar-refractivity contribution in [3.63, 3.8) is 0 Å². The standard InChI is InChI=1S/C8H13N/c1-6-2-7-4-9-5-8(7)3-6/h2,7-9H,3-5H2,1H3. The molecule has 50 valence electrons. The molecule has 1 heterocycles. The van der Waals surface area contributed by atoms with Gasteiger partial charge in [-0.05, 0) is 31.7 Å². The van der Waals surface area contributed by atoms with E-state index in [4.69, 9.17) is 0 Å². The number of allylic oxidation sites excluding steroid dienone is 1. The summed E-state index contributed by atoms with van der Waals surface area (Å²) in [4.78, 5) is 0. The minimum absolute atomic E-state index is 0.880. The molecule has 0 amide bonds. The largest absolute Gasteiger partial charge is 0.316 e. The van der Waals surface area contributed by atoms with Gasteiger partial charge in [-0.2, -0.15) is 0 Å². The highest BCUT2D eigenvalue weighted by Gasteiger charge is 2.29. The first-order valence-corrected chi connectivity index (χ1v) is 3.74. The minimum Gasteiger partial charge on any atom is -0.316 e. The Hall–Kier alpha value is -0.300. The Labute approximate surface area is 56.1 Å². The van der Waals surface area contributed by atoms with Crippen LogP contribution in [0.1, 0.15) is 13.3 Å². The molecule has 0 aromatic carbocycles. The van der Waals surface area contributed by atoms with Crippen LogP contribution in [0.2, 0.25) is 0 Å². The smallest absolute Gasteiger partial charge is 0.00176 e. The van der Waals surface area contributed by atoms with E-state index in [0.717, 1.165) is 11.8 Å². The maximum absolute atomic E-state index is 3.40. The summed E-state index contributed by atoms with van der Waals surface area (Å²) in [6.07, 6.45) is 3.78. The van der Waals surface area contributed by atoms with Gasteiger partial charge in [0.15, 0.2) is 0 Å². The fraction of sp³-hybridized carbons (Fsp3) is 0.750. The molecule has 0 bridgehead atoms. The lowest BCUT2D eigenvalue weighted by Gasteiger charge is -2.03. The Morgan fingerprint density at radius 3 is 3.22 bits per heavy atom. The second kappa shape index (κ2) is 1.84. The highest BCUT2D eigenvalue weighted by Crippen LogP contribution is 2.32. The van der Waals surface area contributed by atoms with Gasteiger partial charge in [0.1, 0.15) is 0 Å². The molecule has 2 rings (SSSR count). The molecular formula is C8H13N. The van der Waals surface area contributed by atoms with Gasteiger partial charge in [-0.1, -0.05) is 11.6 Å². The molecule has 0 aromatic rings. The van der Waals surface area contributed by atoms with E-state index in [2.05, 4.69) is 18.3 Å². The van der Waals surface area contributed by atoms with Crippen LogP contribution in [0.3, 0.4) is 0 Å². The van der Waals surface area contributed by atoms with Crippen molar-refractivity contribution >= 4 is 0 Å². The Morgan fingerprint density at radius 1 is 1.56 bits per heavy atom. The Balaban J connectivity index is 2.13. The SMILES string of the molecule is CC1=CC2CNCC2C1. The molecule has 0 aromatic heterocycles. The third-order valence-corrected chi connectivity index (χ3v) is 2.47. The number of hydrogen-bond acceptors (Lipinski definition) is 1. The van der Waals surface area contributed by atoms with Crippen LogP contribution >= 0.6 is 0 Å². The zero-order valence-electron chi connectivity index (χ0n) is 5.85. The van der Waals surface area contributed by atoms with E-state index in [9.17, 15) is 0 Å². The molecule has 1 aliphatic heterocycles. The van der Waals surface area contributed by atoms with Crippen LogP contribution in [-0.2, 0) is 0 Å². The second-order valence-electron chi connectivity index (χ2n) is 3.30. The lowest BCUT2D eigenvalue weighted by atomic mass is 10.00. The highest BCUT2D eigenvalue weighted by atomic mass is 14.9. The van der Waals surface area contributed by atoms with Crippen LogP contribution in [0.25, 0.3) is 0 Å². The van der Waals surface area contributed by atoms with Crippen LogP contribution in [0.15, 0.2) is 11.6 Å². The molecule has 1 fully saturated rings. The summed E-state index contributed by atoms with van der Waals surface area (Å²) in [5.74, 6) is 1.83. The molecule has 1 aliphatic carbocycles. The number of rotatable bonds is 0. The summed E-state index contributed by atoms with van der Waals surface area (Å²) in [7, 11) is 0. The van der Waals surface area contributed by atoms with Gasteiger partial charge in [0.05, 0.1) is 0 Å². The fourth-order valence-corrected chi connectivity index (χ4v) is 2.02. The van der Waals surface area contributed by atoms with Crippen LogP contribution in [0.5, 0.6) is 0 Å². The molecule has 2 atom stereocenters. The molecule has 1 heteroatoms. The van der Waals surface area contributed by atoms with E-state index in [0.29, 0.717) is 0 Å². The van der Waals surface area contributed by atoms with Crippen LogP contribution in [0, 0.1) is 11.8 Å². The predicted octanol–water partition coefficient (Wildman–Crippen LogP) is 1.17. The Kier molecular flexibility index (Phi) is 1.12. The molecule has 0 saturated carbocycles. The molecule has 1 N–H and O–H groups in total. The molecular weight excluding hydrogens is 110 g/mol. The first-order chi connectivity index (χ1) is 4.36. The van der Waals surface area contributed by atoms with Crippen molar-refractivity contribution in [3.8, 4) is 0 Å². The molecule has 0 radical (unpaired) electrons. The maximum Gasteiger partial charge on any atom is 0.00176 e. The van der Waals surface area contributed by atoms with Gasteiger partial charge in [0, 0.05) is 6.54 Å². The average molecular weight is 123 g/mol. The van der Waals surface area contributed by atoms with Gasteiger partial charge in [-0.15, -0.1) is 0 Å². The summed E-state index contributed by atoms with van der Waals surface area (Å²) in [6.45, 7) is 4.72. The summed E-state index contributed by atoms with van der Waals surface area (Å²) < 4.78 is 0. The van der Waals surface area contributed by atoms with Crippen molar-refractivity contribution in [2.75, 3.05) is 13.1 Å². The van der Waals surface area contributed by atoms with Gasteiger partial charge >= 0.3 is 0 Å². The number of hydrogen-bond donors (Lipinski definition) is 1. The summed E-state index contributed by atoms with van der Waals surface area (Å²) in [5.41, 5.74) is 1.60. The molecule has 1 saturated heterocycles. The van der Waals surface area contributed by atoms with Crippen molar-refractivity contribution in [1.82, 2.24) is 5.32 Å². The Morgan fingerprint density at radius 2 is 2.44 bits per heavy atom. The summed E-state index contributed by atoms with van der Waals surface area (Å²) >= 11 is 0. The van der Waals surface area contributed by atoms with Gasteiger partial charge in [0.2, 0.25) is 0 Å². The Bertz CT molecular complexity index is 149. The van der Waals surface area contributed by atoms with Gasteiger partial charge < -0.3 is 5.32 Å². The van der Waals surface area contributed by atoms with Gasteiger partial charge in [-0.3, -0.25) is 0 Å². The monoisotopic (exact) mass is 123 g/mol. The molecule has 1 nitrogen and oxygen atoms in total. The minimum atomic E-state index is 0.880. The molecule has 0 spiro atoms. The molecule has 2 aliphatic rings. The van der Waals surface area contributed by atoms with E-state index in [1.165, 1.54) is 19.5 Å². The zero-order chi connectivity index (χ0) is 6.27. The third kappa shape index (κ3) is 0.799. The fourth-order valence-electron chi connectivity index (χ4n) is 2.02. The van der Waals surface area contributed by atoms with Gasteiger partial charge in [-0.25, -0.2) is 0 Å². The van der Waals surface area contributed by atoms with E-state index in [1.807, 2.05) is 0 Å². The number of fused-ring (bicyclic) bond motifs is 1. The van der Waals surface area contributed by atoms with Crippen LogP contribution in [-0.4, -0.2) is 13.1 Å². The zero-order valence-corrected chi connectivity index (χ0v) is 5.85. The van der Waals surface area contributed by atoms with Crippen molar-refractivity contribution in [2.24, 2.45) is 11.8 Å². The van der Waals surface area contributed by atoms with E-state index in [-0.39, 0.29) is 0 Å². The van der Waals surface area contributed by atoms with Crippen molar-refractivity contribution in [2.45, 2.75) is 13.3 Å². The van der Waals surface area contributed by atoms with Crippen molar-refractivity contribution < 1.29 is 0 Å². The first-order valence-electron chi connectivity index (χ1n) is 3.74. The van der Waals surface area contributed by atoms with Gasteiger partial charge in [0.25, 0.3) is 0 Å². The molecule has 9 heavy (non-hydrogen) atoms. The van der Waals surface area contributed by atoms with E-state index >= 15 is 0 Å². The van der Waals surface area contributed by atoms with Crippen molar-refractivity contribution in [1.29, 1.82) is 0 Å². The lowest BCUT2D eigenvalue weighted by Crippen LogP contribution is -2.08. The lowest BCUT2D eigenvalue weighted by molar-refractivity contribution is 0.529. The highest BCUT2D eigenvalue weighted by molar-refractivity contribution is 5.14. The first kappa shape index (κ1) is 5.48. The van der Waals surface area contributed by atoms with E-state index in [1.54, 1.807) is 5.57 Å². The van der Waals surface area contributed by atoms with Crippen molar-refractivity contribution in [3.05, 3.63) is 11.6 Å². The maximum atomic E-state index is 3.40. The average Bonchev–Trinajstić information content (AvgIpc) is 2.22. The quantitative estimate of drug-likeness (QED) is 0.477. The topological polar surface area (TPSA) is 12.0 Å². The number of nitrogens with one attached hydrogen (secondary N) is 1. The van der Waals surface area contributed by atoms with E-state index < -0.39 is 0 Å². The third-order valence-electron chi connectivity index (χ3n) is 2.47.